The summed E-state index contributed by atoms with van der Waals surface area (Å²) in [5.74, 6) is 0.755. The van der Waals surface area contributed by atoms with Crippen LogP contribution in [0, 0.1) is 0 Å². The maximum atomic E-state index is 12.9. The first-order valence-corrected chi connectivity index (χ1v) is 10.6. The molecule has 0 aliphatic carbocycles. The van der Waals surface area contributed by atoms with Crippen molar-refractivity contribution in [3.63, 3.8) is 0 Å². The monoisotopic (exact) mass is 374 g/mol. The second-order valence-electron chi connectivity index (χ2n) is 5.93. The zero-order valence-corrected chi connectivity index (χ0v) is 15.2. The maximum absolute atomic E-state index is 12.9. The highest BCUT2D eigenvalue weighted by Gasteiger charge is 2.30. The molecule has 0 radical (unpaired) electrons. The number of aromatic nitrogens is 3. The third-order valence-corrected chi connectivity index (χ3v) is 7.19. The Bertz CT molecular complexity index is 980. The summed E-state index contributed by atoms with van der Waals surface area (Å²) < 4.78 is 29.0. The van der Waals surface area contributed by atoms with Crippen LogP contribution in [0.25, 0.3) is 5.65 Å². The Labute approximate surface area is 150 Å². The molecule has 6 nitrogen and oxygen atoms in total. The summed E-state index contributed by atoms with van der Waals surface area (Å²) in [6, 6.07) is 13.4. The van der Waals surface area contributed by atoms with E-state index in [1.807, 2.05) is 24.4 Å². The van der Waals surface area contributed by atoms with Gasteiger partial charge in [-0.1, -0.05) is 42.1 Å². The third-order valence-electron chi connectivity index (χ3n) is 4.26. The van der Waals surface area contributed by atoms with Gasteiger partial charge in [-0.15, -0.1) is 10.2 Å². The predicted molar refractivity (Wildman–Crippen MR) is 97.0 cm³/mol. The summed E-state index contributed by atoms with van der Waals surface area (Å²) in [7, 11) is -3.52. The van der Waals surface area contributed by atoms with Gasteiger partial charge in [-0.05, 0) is 30.5 Å². The van der Waals surface area contributed by atoms with Crippen LogP contribution in [0.2, 0.25) is 0 Å². The van der Waals surface area contributed by atoms with E-state index in [1.165, 1.54) is 9.87 Å². The number of pyridine rings is 1. The number of thioether (sulfide) groups is 1. The van der Waals surface area contributed by atoms with Crippen LogP contribution in [0.15, 0.2) is 58.7 Å². The number of hydrogen-bond donors (Lipinski definition) is 0. The number of sulfonamides is 1. The van der Waals surface area contributed by atoms with Crippen molar-refractivity contribution in [2.75, 3.05) is 13.1 Å². The molecule has 0 unspecified atom stereocenters. The van der Waals surface area contributed by atoms with Gasteiger partial charge in [0.15, 0.2) is 10.8 Å². The molecular weight excluding hydrogens is 356 g/mol. The van der Waals surface area contributed by atoms with Crippen LogP contribution in [0.1, 0.15) is 18.4 Å². The standard InChI is InChI=1S/C17H18N4O2S2/c22-25(23,20-10-4-5-11-20)15-9-6-12-21-16(15)18-19-17(21)24-13-14-7-2-1-3-8-14/h1-3,6-9,12H,4-5,10-11,13H2. The van der Waals surface area contributed by atoms with Crippen LogP contribution in [-0.4, -0.2) is 40.4 Å². The van der Waals surface area contributed by atoms with Gasteiger partial charge in [-0.25, -0.2) is 8.42 Å². The zero-order valence-electron chi connectivity index (χ0n) is 13.6. The van der Waals surface area contributed by atoms with Gasteiger partial charge in [-0.3, -0.25) is 4.40 Å². The molecule has 0 spiro atoms. The minimum atomic E-state index is -3.52. The van der Waals surface area contributed by atoms with E-state index in [0.29, 0.717) is 23.9 Å². The van der Waals surface area contributed by atoms with Crippen LogP contribution < -0.4 is 0 Å². The van der Waals surface area contributed by atoms with E-state index in [2.05, 4.69) is 22.3 Å². The van der Waals surface area contributed by atoms with E-state index < -0.39 is 10.0 Å². The summed E-state index contributed by atoms with van der Waals surface area (Å²) in [5, 5.41) is 9.05. The van der Waals surface area contributed by atoms with E-state index in [1.54, 1.807) is 28.3 Å². The summed E-state index contributed by atoms with van der Waals surface area (Å²) in [6.45, 7) is 1.15. The molecular formula is C17H18N4O2S2. The number of rotatable bonds is 5. The summed E-state index contributed by atoms with van der Waals surface area (Å²) >= 11 is 1.54. The first-order valence-electron chi connectivity index (χ1n) is 8.17. The van der Waals surface area contributed by atoms with Crippen LogP contribution in [-0.2, 0) is 15.8 Å². The molecule has 1 aliphatic rings. The molecule has 2 aromatic heterocycles. The quantitative estimate of drug-likeness (QED) is 0.643. The van der Waals surface area contributed by atoms with Crippen molar-refractivity contribution < 1.29 is 8.42 Å². The van der Waals surface area contributed by atoms with Crippen LogP contribution >= 0.6 is 11.8 Å². The summed E-state index contributed by atoms with van der Waals surface area (Å²) in [4.78, 5) is 0.232. The minimum Gasteiger partial charge on any atom is -0.276 e. The Balaban J connectivity index is 1.66. The average molecular weight is 374 g/mol. The number of fused-ring (bicyclic) bond motifs is 1. The van der Waals surface area contributed by atoms with Gasteiger partial charge in [0.2, 0.25) is 10.0 Å². The SMILES string of the molecule is O=S(=O)(c1cccn2c(SCc3ccccc3)nnc12)N1CCCC1. The van der Waals surface area contributed by atoms with Crippen LogP contribution in [0.4, 0.5) is 0 Å². The van der Waals surface area contributed by atoms with Gasteiger partial charge in [0.05, 0.1) is 0 Å². The molecule has 1 aromatic carbocycles. The molecule has 8 heteroatoms. The average Bonchev–Trinajstić information content (AvgIpc) is 3.31. The Morgan fingerprint density at radius 1 is 1.00 bits per heavy atom. The second-order valence-corrected chi connectivity index (χ2v) is 8.78. The summed E-state index contributed by atoms with van der Waals surface area (Å²) in [6.07, 6.45) is 3.63. The highest BCUT2D eigenvalue weighted by atomic mass is 32.2. The van der Waals surface area contributed by atoms with Gasteiger partial charge in [0, 0.05) is 25.0 Å². The van der Waals surface area contributed by atoms with Gasteiger partial charge in [0.1, 0.15) is 4.90 Å². The van der Waals surface area contributed by atoms with E-state index in [4.69, 9.17) is 0 Å². The maximum Gasteiger partial charge on any atom is 0.246 e. The lowest BCUT2D eigenvalue weighted by Crippen LogP contribution is -2.28. The summed E-state index contributed by atoms with van der Waals surface area (Å²) in [5.41, 5.74) is 1.58. The number of hydrogen-bond acceptors (Lipinski definition) is 5. The largest absolute Gasteiger partial charge is 0.276 e. The van der Waals surface area contributed by atoms with Crippen molar-refractivity contribution in [3.8, 4) is 0 Å². The Kier molecular flexibility index (Phi) is 4.49. The first kappa shape index (κ1) is 16.6. The van der Waals surface area contributed by atoms with E-state index >= 15 is 0 Å². The molecule has 0 saturated carbocycles. The lowest BCUT2D eigenvalue weighted by Gasteiger charge is -2.15. The van der Waals surface area contributed by atoms with Gasteiger partial charge in [-0.2, -0.15) is 4.31 Å². The topological polar surface area (TPSA) is 67.6 Å². The van der Waals surface area contributed by atoms with Crippen molar-refractivity contribution in [1.82, 2.24) is 18.9 Å². The Hall–Kier alpha value is -1.90. The lowest BCUT2D eigenvalue weighted by atomic mass is 10.2. The highest BCUT2D eigenvalue weighted by Crippen LogP contribution is 2.27. The van der Waals surface area contributed by atoms with E-state index in [0.717, 1.165) is 18.6 Å². The molecule has 0 N–H and O–H groups in total. The lowest BCUT2D eigenvalue weighted by molar-refractivity contribution is 0.478. The van der Waals surface area contributed by atoms with Crippen molar-refractivity contribution in [2.24, 2.45) is 0 Å². The first-order chi connectivity index (χ1) is 12.2. The fraction of sp³-hybridized carbons (Fsp3) is 0.294. The molecule has 1 aliphatic heterocycles. The molecule has 0 atom stereocenters. The molecule has 0 bridgehead atoms. The molecule has 0 amide bonds. The molecule has 4 rings (SSSR count). The molecule has 3 aromatic rings. The van der Waals surface area contributed by atoms with Crippen molar-refractivity contribution in [3.05, 3.63) is 54.2 Å². The van der Waals surface area contributed by atoms with Crippen molar-refractivity contribution in [2.45, 2.75) is 28.6 Å². The van der Waals surface area contributed by atoms with E-state index in [9.17, 15) is 8.42 Å². The molecule has 1 fully saturated rings. The van der Waals surface area contributed by atoms with Gasteiger partial charge < -0.3 is 0 Å². The molecule has 25 heavy (non-hydrogen) atoms. The smallest absolute Gasteiger partial charge is 0.246 e. The Morgan fingerprint density at radius 2 is 1.76 bits per heavy atom. The van der Waals surface area contributed by atoms with Crippen LogP contribution in [0.5, 0.6) is 0 Å². The minimum absolute atomic E-state index is 0.232. The van der Waals surface area contributed by atoms with E-state index in [-0.39, 0.29) is 4.90 Å². The predicted octanol–water partition coefficient (Wildman–Crippen LogP) is 2.81. The normalized spacial score (nSPS) is 15.8. The molecule has 130 valence electrons. The van der Waals surface area contributed by atoms with Crippen molar-refractivity contribution in [1.29, 1.82) is 0 Å². The third kappa shape index (κ3) is 3.17. The van der Waals surface area contributed by atoms with Gasteiger partial charge >= 0.3 is 0 Å². The fourth-order valence-corrected chi connectivity index (χ4v) is 5.47. The second kappa shape index (κ2) is 6.78. The molecule has 1 saturated heterocycles. The van der Waals surface area contributed by atoms with Gasteiger partial charge in [0.25, 0.3) is 0 Å². The highest BCUT2D eigenvalue weighted by molar-refractivity contribution is 7.98. The zero-order chi connectivity index (χ0) is 17.3. The molecule has 3 heterocycles. The van der Waals surface area contributed by atoms with Crippen molar-refractivity contribution >= 4 is 27.4 Å². The fourth-order valence-electron chi connectivity index (χ4n) is 2.96. The Morgan fingerprint density at radius 3 is 2.52 bits per heavy atom. The number of benzene rings is 1. The number of nitrogens with zero attached hydrogens (tertiary/aromatic N) is 4. The van der Waals surface area contributed by atoms with Crippen LogP contribution in [0.3, 0.4) is 0 Å².